The number of hydrogen-bond donors (Lipinski definition) is 1. The zero-order valence-electron chi connectivity index (χ0n) is 9.05. The van der Waals surface area contributed by atoms with Crippen LogP contribution in [0.25, 0.3) is 0 Å². The molecule has 1 heterocycles. The molecule has 2 N–H and O–H groups in total. The lowest BCUT2D eigenvalue weighted by Crippen LogP contribution is -2.32. The molecule has 0 aromatic carbocycles. The van der Waals surface area contributed by atoms with E-state index in [4.69, 9.17) is 10.5 Å². The third kappa shape index (κ3) is 3.25. The Morgan fingerprint density at radius 3 is 2.54 bits per heavy atom. The van der Waals surface area contributed by atoms with Gasteiger partial charge in [-0.3, -0.25) is 0 Å². The summed E-state index contributed by atoms with van der Waals surface area (Å²) in [6.45, 7) is 9.47. The summed E-state index contributed by atoms with van der Waals surface area (Å²) in [5.74, 6) is 0. The number of aliphatic imine (C=N–C) groups is 1. The minimum absolute atomic E-state index is 0.155. The molecule has 0 saturated heterocycles. The maximum absolute atomic E-state index is 5.48. The molecule has 0 aliphatic carbocycles. The van der Waals surface area contributed by atoms with Gasteiger partial charge in [-0.05, 0) is 25.2 Å². The average molecular weight is 184 g/mol. The molecular weight excluding hydrogens is 164 g/mol. The topological polar surface area (TPSA) is 47.6 Å². The van der Waals surface area contributed by atoms with Crippen LogP contribution in [0, 0.1) is 5.41 Å². The molecule has 1 rings (SSSR count). The fourth-order valence-corrected chi connectivity index (χ4v) is 1.33. The summed E-state index contributed by atoms with van der Waals surface area (Å²) in [7, 11) is 0. The van der Waals surface area contributed by atoms with Crippen molar-refractivity contribution >= 4 is 6.02 Å². The molecule has 0 radical (unpaired) electrons. The molecule has 76 valence electrons. The molecule has 1 unspecified atom stereocenters. The lowest BCUT2D eigenvalue weighted by molar-refractivity contribution is 0.0818. The highest BCUT2D eigenvalue weighted by molar-refractivity contribution is 5.73. The highest BCUT2D eigenvalue weighted by Gasteiger charge is 2.32. The summed E-state index contributed by atoms with van der Waals surface area (Å²) in [4.78, 5) is 4.06. The number of nitrogens with two attached hydrogens (primary N) is 1. The van der Waals surface area contributed by atoms with E-state index in [2.05, 4.69) is 32.7 Å². The Kier molecular flexibility index (Phi) is 2.55. The van der Waals surface area contributed by atoms with Crippen LogP contribution in [0.3, 0.4) is 0 Å². The van der Waals surface area contributed by atoms with Crippen LogP contribution in [0.4, 0.5) is 0 Å². The van der Waals surface area contributed by atoms with Crippen molar-refractivity contribution in [3.05, 3.63) is 0 Å². The summed E-state index contributed by atoms with van der Waals surface area (Å²) in [5.41, 5.74) is 5.67. The Morgan fingerprint density at radius 2 is 2.15 bits per heavy atom. The predicted octanol–water partition coefficient (Wildman–Crippen LogP) is 1.92. The second-order valence-corrected chi connectivity index (χ2v) is 5.27. The number of amidine groups is 1. The molecule has 0 fully saturated rings. The zero-order valence-corrected chi connectivity index (χ0v) is 9.05. The second kappa shape index (κ2) is 3.20. The van der Waals surface area contributed by atoms with Gasteiger partial charge in [0.1, 0.15) is 5.60 Å². The molecule has 0 aromatic heterocycles. The van der Waals surface area contributed by atoms with Gasteiger partial charge in [0.2, 0.25) is 0 Å². The van der Waals surface area contributed by atoms with E-state index in [1.807, 2.05) is 0 Å². The van der Waals surface area contributed by atoms with Crippen LogP contribution in [0.15, 0.2) is 4.99 Å². The molecule has 1 atom stereocenters. The Hall–Kier alpha value is -0.730. The first kappa shape index (κ1) is 10.4. The van der Waals surface area contributed by atoms with Crippen LogP contribution in [0.1, 0.15) is 40.5 Å². The second-order valence-electron chi connectivity index (χ2n) is 5.27. The van der Waals surface area contributed by atoms with Crippen molar-refractivity contribution < 1.29 is 4.74 Å². The molecule has 3 heteroatoms. The molecule has 1 aliphatic heterocycles. The van der Waals surface area contributed by atoms with E-state index >= 15 is 0 Å². The Balaban J connectivity index is 2.38. The molecule has 0 bridgehead atoms. The normalized spacial score (nSPS) is 28.5. The average Bonchev–Trinajstić information content (AvgIpc) is 2.27. The number of hydrogen-bond acceptors (Lipinski definition) is 3. The van der Waals surface area contributed by atoms with E-state index < -0.39 is 0 Å². The first-order chi connectivity index (χ1) is 5.81. The molecule has 13 heavy (non-hydrogen) atoms. The van der Waals surface area contributed by atoms with Gasteiger partial charge in [-0.25, -0.2) is 4.99 Å². The molecular formula is C10H20N2O. The van der Waals surface area contributed by atoms with Gasteiger partial charge in [0, 0.05) is 0 Å². The minimum atomic E-state index is -0.155. The van der Waals surface area contributed by atoms with Gasteiger partial charge in [0.25, 0.3) is 6.02 Å². The van der Waals surface area contributed by atoms with Crippen LogP contribution >= 0.6 is 0 Å². The SMILES string of the molecule is CC(C)(C)CCC1(C)CN=C(N)O1. The van der Waals surface area contributed by atoms with E-state index in [1.165, 1.54) is 0 Å². The van der Waals surface area contributed by atoms with Crippen LogP contribution < -0.4 is 5.73 Å². The first-order valence-electron chi connectivity index (χ1n) is 4.80. The Morgan fingerprint density at radius 1 is 1.54 bits per heavy atom. The molecule has 3 nitrogen and oxygen atoms in total. The molecule has 0 spiro atoms. The quantitative estimate of drug-likeness (QED) is 0.712. The van der Waals surface area contributed by atoms with Gasteiger partial charge in [0.15, 0.2) is 0 Å². The van der Waals surface area contributed by atoms with E-state index in [1.54, 1.807) is 0 Å². The van der Waals surface area contributed by atoms with E-state index in [0.29, 0.717) is 18.0 Å². The van der Waals surface area contributed by atoms with Crippen molar-refractivity contribution in [3.63, 3.8) is 0 Å². The van der Waals surface area contributed by atoms with Crippen molar-refractivity contribution in [1.29, 1.82) is 0 Å². The third-order valence-corrected chi connectivity index (χ3v) is 2.32. The highest BCUT2D eigenvalue weighted by Crippen LogP contribution is 2.29. The van der Waals surface area contributed by atoms with Crippen LogP contribution in [-0.4, -0.2) is 18.2 Å². The number of nitrogens with zero attached hydrogens (tertiary/aromatic N) is 1. The first-order valence-corrected chi connectivity index (χ1v) is 4.80. The van der Waals surface area contributed by atoms with Crippen LogP contribution in [0.5, 0.6) is 0 Å². The van der Waals surface area contributed by atoms with E-state index in [9.17, 15) is 0 Å². The van der Waals surface area contributed by atoms with Gasteiger partial charge in [-0.2, -0.15) is 0 Å². The zero-order chi connectivity index (χ0) is 10.1. The standard InChI is InChI=1S/C10H20N2O/c1-9(2,3)5-6-10(4)7-12-8(11)13-10/h5-7H2,1-4H3,(H2,11,12). The fraction of sp³-hybridized carbons (Fsp3) is 0.900. The summed E-state index contributed by atoms with van der Waals surface area (Å²) in [6.07, 6.45) is 2.15. The number of rotatable bonds is 2. The Labute approximate surface area is 80.4 Å². The van der Waals surface area contributed by atoms with Gasteiger partial charge in [-0.15, -0.1) is 0 Å². The van der Waals surface area contributed by atoms with Crippen molar-refractivity contribution in [1.82, 2.24) is 0 Å². The monoisotopic (exact) mass is 184 g/mol. The lowest BCUT2D eigenvalue weighted by Gasteiger charge is -2.27. The van der Waals surface area contributed by atoms with Crippen LogP contribution in [0.2, 0.25) is 0 Å². The Bertz CT molecular complexity index is 217. The smallest absolute Gasteiger partial charge is 0.282 e. The summed E-state index contributed by atoms with van der Waals surface area (Å²) in [5, 5.41) is 0. The molecule has 0 saturated carbocycles. The fourth-order valence-electron chi connectivity index (χ4n) is 1.33. The largest absolute Gasteiger partial charge is 0.457 e. The van der Waals surface area contributed by atoms with E-state index in [-0.39, 0.29) is 5.60 Å². The van der Waals surface area contributed by atoms with Gasteiger partial charge in [0.05, 0.1) is 6.54 Å². The maximum Gasteiger partial charge on any atom is 0.282 e. The summed E-state index contributed by atoms with van der Waals surface area (Å²) >= 11 is 0. The lowest BCUT2D eigenvalue weighted by atomic mass is 9.85. The summed E-state index contributed by atoms with van der Waals surface area (Å²) in [6, 6.07) is 0.344. The van der Waals surface area contributed by atoms with Gasteiger partial charge >= 0.3 is 0 Å². The minimum Gasteiger partial charge on any atom is -0.457 e. The number of ether oxygens (including phenoxy) is 1. The van der Waals surface area contributed by atoms with Crippen molar-refractivity contribution in [2.45, 2.75) is 46.1 Å². The summed E-state index contributed by atoms with van der Waals surface area (Å²) < 4.78 is 5.47. The van der Waals surface area contributed by atoms with Crippen molar-refractivity contribution in [3.8, 4) is 0 Å². The molecule has 0 amide bonds. The highest BCUT2D eigenvalue weighted by atomic mass is 16.5. The van der Waals surface area contributed by atoms with Crippen molar-refractivity contribution in [2.75, 3.05) is 6.54 Å². The van der Waals surface area contributed by atoms with Gasteiger partial charge < -0.3 is 10.5 Å². The molecule has 1 aliphatic rings. The molecule has 0 aromatic rings. The predicted molar refractivity (Wildman–Crippen MR) is 54.7 cm³/mol. The third-order valence-electron chi connectivity index (χ3n) is 2.32. The van der Waals surface area contributed by atoms with Gasteiger partial charge in [-0.1, -0.05) is 20.8 Å². The van der Waals surface area contributed by atoms with Crippen molar-refractivity contribution in [2.24, 2.45) is 16.1 Å². The van der Waals surface area contributed by atoms with E-state index in [0.717, 1.165) is 12.8 Å². The van der Waals surface area contributed by atoms with Crippen LogP contribution in [-0.2, 0) is 4.74 Å². The maximum atomic E-state index is 5.48.